The van der Waals surface area contributed by atoms with Crippen LogP contribution < -0.4 is 0 Å². The molecule has 0 aliphatic heterocycles. The SMILES string of the molecule is C/C=C/C(O[Si](C)(C)C(C)(C)C)C(C)(C)C(C/C=C\[C@H]1C[C@H]1C#C[Si](C(C)C)(C(C)C)C(C)C)O[Si](C)(C)C. The molecule has 2 unspecified atom stereocenters. The van der Waals surface area contributed by atoms with Crippen molar-refractivity contribution in [1.82, 2.24) is 0 Å². The van der Waals surface area contributed by atoms with Crippen LogP contribution in [0, 0.1) is 28.7 Å². The number of hydrogen-bond donors (Lipinski definition) is 0. The first kappa shape index (κ1) is 36.6. The highest BCUT2D eigenvalue weighted by Crippen LogP contribution is 2.45. The summed E-state index contributed by atoms with van der Waals surface area (Å²) >= 11 is 0. The molecule has 226 valence electrons. The van der Waals surface area contributed by atoms with Crippen LogP contribution in [0.25, 0.3) is 0 Å². The molecule has 0 N–H and O–H groups in total. The van der Waals surface area contributed by atoms with Crippen molar-refractivity contribution in [2.45, 2.75) is 163 Å². The largest absolute Gasteiger partial charge is 0.414 e. The number of allylic oxidation sites excluding steroid dienone is 2. The molecule has 0 bridgehead atoms. The lowest BCUT2D eigenvalue weighted by Gasteiger charge is -2.47. The summed E-state index contributed by atoms with van der Waals surface area (Å²) in [5.41, 5.74) is 5.89. The Morgan fingerprint density at radius 1 is 0.846 bits per heavy atom. The molecule has 2 nitrogen and oxygen atoms in total. The third-order valence-electron chi connectivity index (χ3n) is 9.57. The third kappa shape index (κ3) is 9.84. The van der Waals surface area contributed by atoms with E-state index in [-0.39, 0.29) is 22.7 Å². The van der Waals surface area contributed by atoms with E-state index in [2.05, 4.69) is 152 Å². The average Bonchev–Trinajstić information content (AvgIpc) is 3.48. The minimum atomic E-state index is -1.94. The normalized spacial score (nSPS) is 21.2. The van der Waals surface area contributed by atoms with Crippen molar-refractivity contribution >= 4 is 24.7 Å². The summed E-state index contributed by atoms with van der Waals surface area (Å²) in [6.07, 6.45) is 11.5. The summed E-state index contributed by atoms with van der Waals surface area (Å²) in [5.74, 6) is 4.92. The zero-order valence-corrected chi connectivity index (χ0v) is 32.1. The fourth-order valence-electron chi connectivity index (χ4n) is 5.84. The van der Waals surface area contributed by atoms with E-state index >= 15 is 0 Å². The van der Waals surface area contributed by atoms with Gasteiger partial charge >= 0.3 is 0 Å². The standard InChI is InChI=1S/C34H66O2Si3/c1-18-20-31(36-38(16,17)33(8,9)10)34(11,12)32(35-37(13,14)15)22-19-21-29-25-30(29)23-24-39(26(2)3,27(4)5)28(6)7/h18-21,26-32H,22,25H2,1-17H3/b20-18+,21-19-/t29-,30+,31?,32?/m0/s1. The lowest BCUT2D eigenvalue weighted by Crippen LogP contribution is -2.52. The van der Waals surface area contributed by atoms with Gasteiger partial charge < -0.3 is 8.85 Å². The Morgan fingerprint density at radius 3 is 1.77 bits per heavy atom. The lowest BCUT2D eigenvalue weighted by atomic mass is 9.79. The van der Waals surface area contributed by atoms with Gasteiger partial charge in [0.05, 0.1) is 12.2 Å². The fraction of sp³-hybridized carbons (Fsp3) is 0.824. The summed E-state index contributed by atoms with van der Waals surface area (Å²) in [5, 5.41) is 0.168. The smallest absolute Gasteiger partial charge is 0.192 e. The van der Waals surface area contributed by atoms with Gasteiger partial charge in [0.2, 0.25) is 0 Å². The Bertz CT molecular complexity index is 866. The van der Waals surface area contributed by atoms with Crippen LogP contribution in [0.4, 0.5) is 0 Å². The van der Waals surface area contributed by atoms with Gasteiger partial charge in [0, 0.05) is 11.3 Å². The quantitative estimate of drug-likeness (QED) is 0.121. The molecule has 0 amide bonds. The van der Waals surface area contributed by atoms with E-state index in [4.69, 9.17) is 8.85 Å². The van der Waals surface area contributed by atoms with Crippen LogP contribution in [0.1, 0.15) is 95.9 Å². The molecule has 1 aliphatic rings. The van der Waals surface area contributed by atoms with Gasteiger partial charge in [-0.3, -0.25) is 0 Å². The zero-order chi connectivity index (χ0) is 30.6. The van der Waals surface area contributed by atoms with Gasteiger partial charge in [-0.1, -0.05) is 100 Å². The second kappa shape index (κ2) is 13.7. The molecule has 0 radical (unpaired) electrons. The highest BCUT2D eigenvalue weighted by molar-refractivity contribution is 6.90. The van der Waals surface area contributed by atoms with E-state index in [1.807, 2.05) is 0 Å². The number of rotatable bonds is 13. The van der Waals surface area contributed by atoms with Crippen LogP contribution in [-0.4, -0.2) is 36.9 Å². The number of hydrogen-bond acceptors (Lipinski definition) is 2. The van der Waals surface area contributed by atoms with E-state index in [1.165, 1.54) is 6.42 Å². The Balaban J connectivity index is 3.14. The highest BCUT2D eigenvalue weighted by atomic mass is 28.4. The molecule has 1 saturated carbocycles. The van der Waals surface area contributed by atoms with Gasteiger partial charge in [-0.05, 0) is 80.1 Å². The molecule has 0 spiro atoms. The Kier molecular flexibility index (Phi) is 12.9. The first-order chi connectivity index (χ1) is 17.5. The molecule has 0 aromatic carbocycles. The molecule has 0 heterocycles. The molecule has 4 atom stereocenters. The van der Waals surface area contributed by atoms with Gasteiger partial charge in [0.15, 0.2) is 16.6 Å². The molecule has 1 rings (SSSR count). The van der Waals surface area contributed by atoms with Crippen molar-refractivity contribution in [3.63, 3.8) is 0 Å². The van der Waals surface area contributed by atoms with Gasteiger partial charge in [0.1, 0.15) is 8.07 Å². The maximum absolute atomic E-state index is 7.03. The maximum Gasteiger partial charge on any atom is 0.192 e. The van der Waals surface area contributed by atoms with Crippen LogP contribution in [0.2, 0.25) is 54.4 Å². The molecule has 0 saturated heterocycles. The fourth-order valence-corrected chi connectivity index (χ4v) is 13.8. The minimum absolute atomic E-state index is 0.0267. The predicted octanol–water partition coefficient (Wildman–Crippen LogP) is 11.0. The summed E-state index contributed by atoms with van der Waals surface area (Å²) in [7, 11) is -5.35. The topological polar surface area (TPSA) is 18.5 Å². The lowest BCUT2D eigenvalue weighted by molar-refractivity contribution is -0.00789. The van der Waals surface area contributed by atoms with E-state index in [9.17, 15) is 0 Å². The van der Waals surface area contributed by atoms with Crippen molar-refractivity contribution in [3.05, 3.63) is 24.3 Å². The van der Waals surface area contributed by atoms with Crippen molar-refractivity contribution in [2.24, 2.45) is 17.3 Å². The Hall–Kier alpha value is -0.389. The van der Waals surface area contributed by atoms with Crippen molar-refractivity contribution < 1.29 is 8.85 Å². The monoisotopic (exact) mass is 590 g/mol. The molecule has 0 aromatic heterocycles. The van der Waals surface area contributed by atoms with Crippen LogP contribution in [0.5, 0.6) is 0 Å². The maximum atomic E-state index is 7.03. The average molecular weight is 591 g/mol. The van der Waals surface area contributed by atoms with E-state index < -0.39 is 24.7 Å². The van der Waals surface area contributed by atoms with Gasteiger partial charge in [-0.15, -0.1) is 11.5 Å². The minimum Gasteiger partial charge on any atom is -0.414 e. The first-order valence-corrected chi connectivity index (χ1v) is 24.3. The van der Waals surface area contributed by atoms with E-state index in [1.54, 1.807) is 0 Å². The van der Waals surface area contributed by atoms with Gasteiger partial charge in [-0.25, -0.2) is 0 Å². The Morgan fingerprint density at radius 2 is 1.36 bits per heavy atom. The van der Waals surface area contributed by atoms with Crippen LogP contribution in [-0.2, 0) is 8.85 Å². The third-order valence-corrected chi connectivity index (χ3v) is 21.3. The molecule has 39 heavy (non-hydrogen) atoms. The van der Waals surface area contributed by atoms with Gasteiger partial charge in [-0.2, -0.15) is 0 Å². The highest BCUT2D eigenvalue weighted by Gasteiger charge is 2.46. The van der Waals surface area contributed by atoms with E-state index in [0.717, 1.165) is 6.42 Å². The van der Waals surface area contributed by atoms with Crippen LogP contribution >= 0.6 is 0 Å². The molecular formula is C34H66O2Si3. The summed E-state index contributed by atoms with van der Waals surface area (Å²) in [6.45, 7) is 39.8. The van der Waals surface area contributed by atoms with Crippen molar-refractivity contribution in [2.75, 3.05) is 0 Å². The second-order valence-corrected chi connectivity index (χ2v) is 31.0. The first-order valence-electron chi connectivity index (χ1n) is 15.7. The van der Waals surface area contributed by atoms with Crippen molar-refractivity contribution in [3.8, 4) is 11.5 Å². The molecule has 1 fully saturated rings. The molecule has 0 aromatic rings. The van der Waals surface area contributed by atoms with Gasteiger partial charge in [0.25, 0.3) is 0 Å². The Labute approximate surface area is 248 Å². The summed E-state index contributed by atoms with van der Waals surface area (Å²) in [6, 6.07) is 0. The predicted molar refractivity (Wildman–Crippen MR) is 183 cm³/mol. The molecule has 1 aliphatic carbocycles. The van der Waals surface area contributed by atoms with Crippen molar-refractivity contribution in [1.29, 1.82) is 0 Å². The molecular weight excluding hydrogens is 525 g/mol. The zero-order valence-electron chi connectivity index (χ0n) is 29.1. The molecule has 5 heteroatoms. The second-order valence-electron chi connectivity index (χ2n) is 16.2. The van der Waals surface area contributed by atoms with Crippen LogP contribution in [0.15, 0.2) is 24.3 Å². The van der Waals surface area contributed by atoms with Crippen LogP contribution in [0.3, 0.4) is 0 Å². The summed E-state index contributed by atoms with van der Waals surface area (Å²) in [4.78, 5) is 0. The summed E-state index contributed by atoms with van der Waals surface area (Å²) < 4.78 is 13.9. The van der Waals surface area contributed by atoms with E-state index in [0.29, 0.717) is 28.5 Å².